The summed E-state index contributed by atoms with van der Waals surface area (Å²) in [6.07, 6.45) is 2.20. The molecule has 2 rings (SSSR count). The Morgan fingerprint density at radius 2 is 2.09 bits per heavy atom. The zero-order valence-corrected chi connectivity index (χ0v) is 13.4. The van der Waals surface area contributed by atoms with Gasteiger partial charge >= 0.3 is 0 Å². The fourth-order valence-corrected chi connectivity index (χ4v) is 2.15. The van der Waals surface area contributed by atoms with Gasteiger partial charge in [-0.2, -0.15) is 0 Å². The number of carbonyl (C=O) groups excluding carboxylic acids is 1. The van der Waals surface area contributed by atoms with Crippen LogP contribution < -0.4 is 10.6 Å². The molecule has 22 heavy (non-hydrogen) atoms. The van der Waals surface area contributed by atoms with Crippen molar-refractivity contribution >= 4 is 23.3 Å². The van der Waals surface area contributed by atoms with Gasteiger partial charge in [0.15, 0.2) is 0 Å². The van der Waals surface area contributed by atoms with Crippen molar-refractivity contribution in [2.45, 2.75) is 26.3 Å². The van der Waals surface area contributed by atoms with E-state index in [4.69, 9.17) is 11.6 Å². The first-order valence-electron chi connectivity index (χ1n) is 7.16. The number of nitrogens with zero attached hydrogens (tertiary/aromatic N) is 2. The average molecular weight is 319 g/mol. The molecule has 116 valence electrons. The first-order valence-corrected chi connectivity index (χ1v) is 7.53. The number of halogens is 1. The molecular weight excluding hydrogens is 300 g/mol. The molecule has 1 heterocycles. The Labute approximate surface area is 135 Å². The standard InChI is InChI=1S/C16H19ClN4O/c1-11(2)21-16(22)14-9-15(20-10-19-14)18-7-6-12-4-3-5-13(17)8-12/h3-5,8-11H,6-7H2,1-2H3,(H,21,22)(H,18,19,20). The average Bonchev–Trinajstić information content (AvgIpc) is 2.47. The van der Waals surface area contributed by atoms with Gasteiger partial charge in [-0.05, 0) is 38.0 Å². The summed E-state index contributed by atoms with van der Waals surface area (Å²) in [5.41, 5.74) is 1.50. The van der Waals surface area contributed by atoms with E-state index in [2.05, 4.69) is 20.6 Å². The molecule has 1 aromatic carbocycles. The Morgan fingerprint density at radius 3 is 2.82 bits per heavy atom. The summed E-state index contributed by atoms with van der Waals surface area (Å²) < 4.78 is 0. The molecule has 0 aliphatic rings. The Morgan fingerprint density at radius 1 is 1.27 bits per heavy atom. The number of amides is 1. The lowest BCUT2D eigenvalue weighted by atomic mass is 10.1. The molecule has 0 radical (unpaired) electrons. The van der Waals surface area contributed by atoms with Gasteiger partial charge in [0.05, 0.1) is 0 Å². The van der Waals surface area contributed by atoms with Crippen molar-refractivity contribution in [3.8, 4) is 0 Å². The zero-order valence-electron chi connectivity index (χ0n) is 12.6. The van der Waals surface area contributed by atoms with Crippen LogP contribution in [-0.2, 0) is 6.42 Å². The maximum Gasteiger partial charge on any atom is 0.270 e. The van der Waals surface area contributed by atoms with Crippen LogP contribution in [0.2, 0.25) is 5.02 Å². The van der Waals surface area contributed by atoms with E-state index in [0.29, 0.717) is 18.1 Å². The number of anilines is 1. The third-order valence-electron chi connectivity index (χ3n) is 2.93. The molecule has 6 heteroatoms. The molecule has 0 saturated carbocycles. The summed E-state index contributed by atoms with van der Waals surface area (Å²) in [5, 5.41) is 6.72. The molecule has 5 nitrogen and oxygen atoms in total. The highest BCUT2D eigenvalue weighted by Gasteiger charge is 2.09. The van der Waals surface area contributed by atoms with E-state index in [1.807, 2.05) is 38.1 Å². The Kier molecular flexibility index (Phi) is 5.72. The van der Waals surface area contributed by atoms with E-state index >= 15 is 0 Å². The highest BCUT2D eigenvalue weighted by molar-refractivity contribution is 6.30. The Balaban J connectivity index is 1.92. The minimum absolute atomic E-state index is 0.0710. The van der Waals surface area contributed by atoms with Gasteiger partial charge in [-0.3, -0.25) is 4.79 Å². The lowest BCUT2D eigenvalue weighted by molar-refractivity contribution is 0.0938. The highest BCUT2D eigenvalue weighted by Crippen LogP contribution is 2.11. The number of rotatable bonds is 6. The molecule has 0 aliphatic heterocycles. The monoisotopic (exact) mass is 318 g/mol. The van der Waals surface area contributed by atoms with Crippen LogP contribution in [0.3, 0.4) is 0 Å². The van der Waals surface area contributed by atoms with Gasteiger partial charge in [0.2, 0.25) is 0 Å². The van der Waals surface area contributed by atoms with Crippen LogP contribution in [-0.4, -0.2) is 28.5 Å². The quantitative estimate of drug-likeness (QED) is 0.859. The first kappa shape index (κ1) is 16.2. The fraction of sp³-hybridized carbons (Fsp3) is 0.312. The van der Waals surface area contributed by atoms with Gasteiger partial charge in [0.1, 0.15) is 17.8 Å². The smallest absolute Gasteiger partial charge is 0.270 e. The second-order valence-electron chi connectivity index (χ2n) is 5.22. The van der Waals surface area contributed by atoms with E-state index in [9.17, 15) is 4.79 Å². The zero-order chi connectivity index (χ0) is 15.9. The molecule has 0 atom stereocenters. The number of carbonyl (C=O) groups is 1. The molecular formula is C16H19ClN4O. The van der Waals surface area contributed by atoms with Crippen LogP contribution in [0.15, 0.2) is 36.7 Å². The van der Waals surface area contributed by atoms with Gasteiger partial charge in [0, 0.05) is 23.7 Å². The maximum absolute atomic E-state index is 11.9. The summed E-state index contributed by atoms with van der Waals surface area (Å²) in [5.74, 6) is 0.432. The van der Waals surface area contributed by atoms with Crippen molar-refractivity contribution in [2.75, 3.05) is 11.9 Å². The SMILES string of the molecule is CC(C)NC(=O)c1cc(NCCc2cccc(Cl)c2)ncn1. The van der Waals surface area contributed by atoms with Crippen molar-refractivity contribution in [3.05, 3.63) is 52.9 Å². The van der Waals surface area contributed by atoms with Gasteiger partial charge < -0.3 is 10.6 Å². The lowest BCUT2D eigenvalue weighted by Gasteiger charge is -2.09. The summed E-state index contributed by atoms with van der Waals surface area (Å²) in [6.45, 7) is 4.51. The van der Waals surface area contributed by atoms with Crippen LogP contribution >= 0.6 is 11.6 Å². The molecule has 2 N–H and O–H groups in total. The molecule has 0 aliphatic carbocycles. The van der Waals surface area contributed by atoms with Crippen LogP contribution in [0.5, 0.6) is 0 Å². The number of benzene rings is 1. The molecule has 0 saturated heterocycles. The summed E-state index contributed by atoms with van der Waals surface area (Å²) in [6, 6.07) is 9.45. The van der Waals surface area contributed by atoms with E-state index in [-0.39, 0.29) is 11.9 Å². The maximum atomic E-state index is 11.9. The number of nitrogens with one attached hydrogen (secondary N) is 2. The summed E-state index contributed by atoms with van der Waals surface area (Å²) in [7, 11) is 0. The van der Waals surface area contributed by atoms with E-state index in [1.165, 1.54) is 6.33 Å². The van der Waals surface area contributed by atoms with Crippen molar-refractivity contribution < 1.29 is 4.79 Å². The second kappa shape index (κ2) is 7.75. The van der Waals surface area contributed by atoms with Crippen molar-refractivity contribution in [2.24, 2.45) is 0 Å². The van der Waals surface area contributed by atoms with Gasteiger partial charge in [-0.25, -0.2) is 9.97 Å². The molecule has 1 amide bonds. The van der Waals surface area contributed by atoms with Crippen molar-refractivity contribution in [1.82, 2.24) is 15.3 Å². The van der Waals surface area contributed by atoms with Gasteiger partial charge in [0.25, 0.3) is 5.91 Å². The van der Waals surface area contributed by atoms with Crippen LogP contribution in [0.4, 0.5) is 5.82 Å². The molecule has 2 aromatic rings. The number of hydrogen-bond acceptors (Lipinski definition) is 4. The minimum Gasteiger partial charge on any atom is -0.370 e. The topological polar surface area (TPSA) is 66.9 Å². The van der Waals surface area contributed by atoms with E-state index in [1.54, 1.807) is 6.07 Å². The molecule has 0 spiro atoms. The Hall–Kier alpha value is -2.14. The van der Waals surface area contributed by atoms with Crippen LogP contribution in [0.1, 0.15) is 29.9 Å². The van der Waals surface area contributed by atoms with Gasteiger partial charge in [-0.15, -0.1) is 0 Å². The lowest BCUT2D eigenvalue weighted by Crippen LogP contribution is -2.30. The van der Waals surface area contributed by atoms with E-state index < -0.39 is 0 Å². The third-order valence-corrected chi connectivity index (χ3v) is 3.16. The molecule has 0 unspecified atom stereocenters. The normalized spacial score (nSPS) is 10.5. The predicted octanol–water partition coefficient (Wildman–Crippen LogP) is 2.92. The predicted molar refractivity (Wildman–Crippen MR) is 88.3 cm³/mol. The molecule has 0 bridgehead atoms. The minimum atomic E-state index is -0.199. The number of hydrogen-bond donors (Lipinski definition) is 2. The third kappa shape index (κ3) is 5.00. The highest BCUT2D eigenvalue weighted by atomic mass is 35.5. The summed E-state index contributed by atoms with van der Waals surface area (Å²) in [4.78, 5) is 20.0. The molecule has 1 aromatic heterocycles. The molecule has 0 fully saturated rings. The largest absolute Gasteiger partial charge is 0.370 e. The van der Waals surface area contributed by atoms with Crippen molar-refractivity contribution in [1.29, 1.82) is 0 Å². The fourth-order valence-electron chi connectivity index (χ4n) is 1.94. The Bertz CT molecular complexity index is 646. The van der Waals surface area contributed by atoms with Gasteiger partial charge in [-0.1, -0.05) is 23.7 Å². The van der Waals surface area contributed by atoms with Crippen LogP contribution in [0, 0.1) is 0 Å². The first-order chi connectivity index (χ1) is 10.5. The number of aromatic nitrogens is 2. The van der Waals surface area contributed by atoms with Crippen molar-refractivity contribution in [3.63, 3.8) is 0 Å². The van der Waals surface area contributed by atoms with Crippen LogP contribution in [0.25, 0.3) is 0 Å². The van der Waals surface area contributed by atoms with E-state index in [0.717, 1.165) is 17.0 Å². The second-order valence-corrected chi connectivity index (χ2v) is 5.66. The summed E-state index contributed by atoms with van der Waals surface area (Å²) >= 11 is 5.95.